The maximum Gasteiger partial charge on any atom is 0.147 e. The van der Waals surface area contributed by atoms with Gasteiger partial charge in [-0.15, -0.1) is 0 Å². The zero-order valence-electron chi connectivity index (χ0n) is 8.74. The Balaban J connectivity index is 2.68. The van der Waals surface area contributed by atoms with Gasteiger partial charge < -0.3 is 16.3 Å². The number of nitrogens with zero attached hydrogens (tertiary/aromatic N) is 1. The molecule has 6 heteroatoms. The third kappa shape index (κ3) is 3.10. The first-order chi connectivity index (χ1) is 7.56. The largest absolute Gasteiger partial charge is 0.409 e. The molecule has 0 aliphatic rings. The predicted molar refractivity (Wildman–Crippen MR) is 65.2 cm³/mol. The summed E-state index contributed by atoms with van der Waals surface area (Å²) in [5, 5.41) is 14.3. The number of nitrogens with two attached hydrogens (primary N) is 1. The van der Waals surface area contributed by atoms with Gasteiger partial charge >= 0.3 is 0 Å². The SMILES string of the molecule is CC(CNc1c(F)cccc1Br)/C(N)=N/O. The van der Waals surface area contributed by atoms with Crippen LogP contribution in [0.5, 0.6) is 0 Å². The van der Waals surface area contributed by atoms with Crippen LogP contribution in [-0.2, 0) is 0 Å². The van der Waals surface area contributed by atoms with Crippen LogP contribution in [0.15, 0.2) is 27.8 Å². The highest BCUT2D eigenvalue weighted by atomic mass is 79.9. The summed E-state index contributed by atoms with van der Waals surface area (Å²) in [5.41, 5.74) is 5.79. The average Bonchev–Trinajstić information content (AvgIpc) is 2.27. The van der Waals surface area contributed by atoms with E-state index in [1.54, 1.807) is 19.1 Å². The Morgan fingerprint density at radius 2 is 2.38 bits per heavy atom. The molecule has 0 aromatic heterocycles. The molecule has 4 N–H and O–H groups in total. The minimum absolute atomic E-state index is 0.111. The number of halogens is 2. The second-order valence-electron chi connectivity index (χ2n) is 3.40. The highest BCUT2D eigenvalue weighted by Crippen LogP contribution is 2.25. The number of amidine groups is 1. The maximum absolute atomic E-state index is 13.4. The summed E-state index contributed by atoms with van der Waals surface area (Å²) >= 11 is 3.24. The summed E-state index contributed by atoms with van der Waals surface area (Å²) in [6.45, 7) is 2.16. The zero-order valence-corrected chi connectivity index (χ0v) is 10.3. The third-order valence-electron chi connectivity index (χ3n) is 2.17. The first-order valence-electron chi connectivity index (χ1n) is 4.71. The van der Waals surface area contributed by atoms with Gasteiger partial charge in [0, 0.05) is 16.9 Å². The Hall–Kier alpha value is -1.30. The van der Waals surface area contributed by atoms with E-state index in [0.717, 1.165) is 0 Å². The van der Waals surface area contributed by atoms with Crippen molar-refractivity contribution in [1.82, 2.24) is 0 Å². The van der Waals surface area contributed by atoms with Crippen molar-refractivity contribution in [2.45, 2.75) is 6.92 Å². The van der Waals surface area contributed by atoms with Gasteiger partial charge in [0.2, 0.25) is 0 Å². The average molecular weight is 290 g/mol. The Bertz CT molecular complexity index is 377. The number of nitrogens with one attached hydrogen (secondary N) is 1. The number of para-hydroxylation sites is 1. The van der Waals surface area contributed by atoms with Gasteiger partial charge in [-0.3, -0.25) is 0 Å². The summed E-state index contributed by atoms with van der Waals surface area (Å²) in [4.78, 5) is 0. The number of benzene rings is 1. The summed E-state index contributed by atoms with van der Waals surface area (Å²) in [5.74, 6) is -0.419. The molecule has 1 aromatic carbocycles. The maximum atomic E-state index is 13.4. The lowest BCUT2D eigenvalue weighted by Gasteiger charge is -2.13. The van der Waals surface area contributed by atoms with Gasteiger partial charge in [0.1, 0.15) is 11.7 Å². The van der Waals surface area contributed by atoms with Crippen molar-refractivity contribution in [2.75, 3.05) is 11.9 Å². The molecule has 0 saturated carbocycles. The minimum Gasteiger partial charge on any atom is -0.409 e. The van der Waals surface area contributed by atoms with Crippen LogP contribution in [0.2, 0.25) is 0 Å². The molecule has 0 aliphatic heterocycles. The van der Waals surface area contributed by atoms with Gasteiger partial charge in [-0.1, -0.05) is 18.1 Å². The Labute approximate surface area is 101 Å². The van der Waals surface area contributed by atoms with E-state index in [4.69, 9.17) is 10.9 Å². The van der Waals surface area contributed by atoms with Crippen molar-refractivity contribution in [1.29, 1.82) is 0 Å². The number of hydrogen-bond donors (Lipinski definition) is 3. The van der Waals surface area contributed by atoms with Crippen LogP contribution in [0.4, 0.5) is 10.1 Å². The van der Waals surface area contributed by atoms with Crippen molar-refractivity contribution in [3.05, 3.63) is 28.5 Å². The molecule has 0 spiro atoms. The van der Waals surface area contributed by atoms with Crippen LogP contribution < -0.4 is 11.1 Å². The molecule has 0 saturated heterocycles. The van der Waals surface area contributed by atoms with Crippen molar-refractivity contribution >= 4 is 27.5 Å². The van der Waals surface area contributed by atoms with Crippen LogP contribution in [0.1, 0.15) is 6.92 Å². The fourth-order valence-corrected chi connectivity index (χ4v) is 1.61. The predicted octanol–water partition coefficient (Wildman–Crippen LogP) is 2.38. The molecule has 1 unspecified atom stereocenters. The lowest BCUT2D eigenvalue weighted by atomic mass is 10.1. The lowest BCUT2D eigenvalue weighted by Crippen LogP contribution is -2.27. The normalized spacial score (nSPS) is 13.6. The van der Waals surface area contributed by atoms with Crippen molar-refractivity contribution in [3.63, 3.8) is 0 Å². The molecule has 0 amide bonds. The summed E-state index contributed by atoms with van der Waals surface area (Å²) < 4.78 is 14.0. The second-order valence-corrected chi connectivity index (χ2v) is 4.26. The Morgan fingerprint density at radius 1 is 1.69 bits per heavy atom. The lowest BCUT2D eigenvalue weighted by molar-refractivity contribution is 0.315. The van der Waals surface area contributed by atoms with Crippen LogP contribution >= 0.6 is 15.9 Å². The van der Waals surface area contributed by atoms with E-state index in [9.17, 15) is 4.39 Å². The van der Waals surface area contributed by atoms with E-state index >= 15 is 0 Å². The van der Waals surface area contributed by atoms with Gasteiger partial charge in [0.05, 0.1) is 5.69 Å². The third-order valence-corrected chi connectivity index (χ3v) is 2.83. The summed E-state index contributed by atoms with van der Waals surface area (Å²) in [6.07, 6.45) is 0. The molecule has 0 heterocycles. The number of anilines is 1. The fourth-order valence-electron chi connectivity index (χ4n) is 1.12. The zero-order chi connectivity index (χ0) is 12.1. The topological polar surface area (TPSA) is 70.6 Å². The fraction of sp³-hybridized carbons (Fsp3) is 0.300. The quantitative estimate of drug-likeness (QED) is 0.345. The van der Waals surface area contributed by atoms with Gasteiger partial charge in [-0.25, -0.2) is 4.39 Å². The number of rotatable bonds is 4. The van der Waals surface area contributed by atoms with Crippen molar-refractivity contribution < 1.29 is 9.60 Å². The summed E-state index contributed by atoms with van der Waals surface area (Å²) in [7, 11) is 0. The molecule has 0 bridgehead atoms. The molecular weight excluding hydrogens is 277 g/mol. The summed E-state index contributed by atoms with van der Waals surface area (Å²) in [6, 6.07) is 4.71. The van der Waals surface area contributed by atoms with E-state index in [0.29, 0.717) is 16.7 Å². The van der Waals surface area contributed by atoms with Crippen LogP contribution in [0.3, 0.4) is 0 Å². The van der Waals surface area contributed by atoms with Crippen LogP contribution in [0.25, 0.3) is 0 Å². The molecule has 88 valence electrons. The molecule has 1 atom stereocenters. The Kier molecular flexibility index (Phi) is 4.54. The van der Waals surface area contributed by atoms with Crippen LogP contribution in [-0.4, -0.2) is 17.6 Å². The molecule has 1 aromatic rings. The van der Waals surface area contributed by atoms with Gasteiger partial charge in [0.25, 0.3) is 0 Å². The molecule has 1 rings (SSSR count). The smallest absolute Gasteiger partial charge is 0.147 e. The van der Waals surface area contributed by atoms with Gasteiger partial charge in [-0.2, -0.15) is 0 Å². The first-order valence-corrected chi connectivity index (χ1v) is 5.51. The molecule has 0 aliphatic carbocycles. The van der Waals surface area contributed by atoms with Crippen LogP contribution in [0, 0.1) is 11.7 Å². The van der Waals surface area contributed by atoms with Gasteiger partial charge in [-0.05, 0) is 28.1 Å². The van der Waals surface area contributed by atoms with Gasteiger partial charge in [0.15, 0.2) is 0 Å². The number of oxime groups is 1. The molecule has 16 heavy (non-hydrogen) atoms. The molecule has 0 fully saturated rings. The standard InChI is InChI=1S/C10H13BrFN3O/c1-6(10(13)15-16)5-14-9-7(11)3-2-4-8(9)12/h2-4,6,14,16H,5H2,1H3,(H2,13,15). The van der Waals surface area contributed by atoms with Crippen molar-refractivity contribution in [2.24, 2.45) is 16.8 Å². The second kappa shape index (κ2) is 5.69. The van der Waals surface area contributed by atoms with E-state index in [1.807, 2.05) is 0 Å². The molecule has 0 radical (unpaired) electrons. The first kappa shape index (κ1) is 12.8. The molecular formula is C10H13BrFN3O. The van der Waals surface area contributed by atoms with E-state index in [1.165, 1.54) is 6.07 Å². The van der Waals surface area contributed by atoms with Crippen molar-refractivity contribution in [3.8, 4) is 0 Å². The molecule has 4 nitrogen and oxygen atoms in total. The van der Waals surface area contributed by atoms with E-state index in [-0.39, 0.29) is 17.6 Å². The minimum atomic E-state index is -0.346. The Morgan fingerprint density at radius 3 is 2.94 bits per heavy atom. The highest BCUT2D eigenvalue weighted by Gasteiger charge is 2.10. The van der Waals surface area contributed by atoms with E-state index in [2.05, 4.69) is 26.4 Å². The monoisotopic (exact) mass is 289 g/mol. The van der Waals surface area contributed by atoms with E-state index < -0.39 is 0 Å². The highest BCUT2D eigenvalue weighted by molar-refractivity contribution is 9.10. The number of hydrogen-bond acceptors (Lipinski definition) is 3.